The van der Waals surface area contributed by atoms with Crippen LogP contribution < -0.4 is 10.6 Å². The first-order chi connectivity index (χ1) is 16.2. The average Bonchev–Trinajstić information content (AvgIpc) is 3.19. The zero-order chi connectivity index (χ0) is 22.2. The third-order valence-corrected chi connectivity index (χ3v) is 7.43. The number of hydrogen-bond donors (Lipinski definition) is 3. The summed E-state index contributed by atoms with van der Waals surface area (Å²) in [4.78, 5) is 17.6. The van der Waals surface area contributed by atoms with Gasteiger partial charge in [0.25, 0.3) is 0 Å². The number of benzene rings is 1. The molecule has 0 atom stereocenters. The van der Waals surface area contributed by atoms with E-state index in [1.54, 1.807) is 11.9 Å². The van der Waals surface area contributed by atoms with Crippen LogP contribution in [0.25, 0.3) is 5.82 Å². The van der Waals surface area contributed by atoms with Crippen LogP contribution in [0.3, 0.4) is 0 Å². The van der Waals surface area contributed by atoms with Crippen LogP contribution in [0.5, 0.6) is 0 Å². The number of imidazole rings is 1. The Labute approximate surface area is 197 Å². The Morgan fingerprint density at radius 2 is 1.94 bits per heavy atom. The van der Waals surface area contributed by atoms with Crippen LogP contribution in [-0.4, -0.2) is 30.0 Å². The molecule has 3 N–H and O–H groups in total. The van der Waals surface area contributed by atoms with E-state index in [1.807, 2.05) is 36.7 Å². The highest BCUT2D eigenvalue weighted by Crippen LogP contribution is 2.35. The van der Waals surface area contributed by atoms with Gasteiger partial charge in [-0.25, -0.2) is 4.98 Å². The molecule has 3 aromatic rings. The topological polar surface area (TPSA) is 90.9 Å². The van der Waals surface area contributed by atoms with Crippen LogP contribution in [-0.2, 0) is 11.3 Å². The van der Waals surface area contributed by atoms with Gasteiger partial charge in [-0.05, 0) is 61.9 Å². The molecule has 0 radical (unpaired) electrons. The van der Waals surface area contributed by atoms with E-state index < -0.39 is 0 Å². The number of fused-ring (bicyclic) bond motifs is 1. The normalized spacial score (nSPS) is 18.2. The Balaban J connectivity index is 1.15. The summed E-state index contributed by atoms with van der Waals surface area (Å²) in [5, 5.41) is 14.2. The van der Waals surface area contributed by atoms with Crippen LogP contribution >= 0.6 is 11.9 Å². The number of carbonyl (C=O) groups is 1. The fourth-order valence-electron chi connectivity index (χ4n) is 4.51. The lowest BCUT2D eigenvalue weighted by molar-refractivity contribution is -0.117. The number of carbonyl (C=O) groups excluding carboxylic acids is 1. The molecule has 2 aromatic heterocycles. The molecule has 0 saturated heterocycles. The van der Waals surface area contributed by atoms with Crippen molar-refractivity contribution in [2.75, 3.05) is 10.6 Å². The molecule has 2 fully saturated rings. The van der Waals surface area contributed by atoms with E-state index in [4.69, 9.17) is 0 Å². The summed E-state index contributed by atoms with van der Waals surface area (Å²) >= 11 is 1.64. The minimum Gasteiger partial charge on any atom is -0.326 e. The molecule has 2 saturated carbocycles. The summed E-state index contributed by atoms with van der Waals surface area (Å²) < 4.78 is 4.23. The number of amides is 1. The summed E-state index contributed by atoms with van der Waals surface area (Å²) in [5.74, 6) is 3.64. The second-order valence-electron chi connectivity index (χ2n) is 9.00. The summed E-state index contributed by atoms with van der Waals surface area (Å²) in [6.45, 7) is 0.691. The first kappa shape index (κ1) is 20.4. The lowest BCUT2D eigenvalue weighted by Gasteiger charge is -2.26. The van der Waals surface area contributed by atoms with Crippen LogP contribution in [0.4, 0.5) is 11.5 Å². The smallest absolute Gasteiger partial charge is 0.227 e. The minimum atomic E-state index is 0.131. The second-order valence-corrected chi connectivity index (χ2v) is 10.1. The molecule has 33 heavy (non-hydrogen) atoms. The van der Waals surface area contributed by atoms with Gasteiger partial charge in [-0.3, -0.25) is 14.5 Å². The van der Waals surface area contributed by atoms with E-state index in [-0.39, 0.29) is 11.8 Å². The fraction of sp³-hybridized carbons (Fsp3) is 0.375. The van der Waals surface area contributed by atoms with E-state index >= 15 is 0 Å². The monoisotopic (exact) mass is 461 g/mol. The molecule has 3 aliphatic rings. The molecule has 0 unspecified atom stereocenters. The fourth-order valence-corrected chi connectivity index (χ4v) is 5.37. The molecule has 1 amide bonds. The van der Waals surface area contributed by atoms with E-state index in [1.165, 1.54) is 31.4 Å². The second kappa shape index (κ2) is 8.62. The molecule has 6 rings (SSSR count). The van der Waals surface area contributed by atoms with Gasteiger partial charge in [-0.15, -0.1) is 0 Å². The van der Waals surface area contributed by atoms with Crippen molar-refractivity contribution in [2.24, 2.45) is 5.92 Å². The number of H-pyrrole nitrogens is 1. The van der Waals surface area contributed by atoms with Gasteiger partial charge < -0.3 is 14.9 Å². The number of aromatic amines is 1. The standard InChI is InChI=1S/C24H27N7OS/c32-24(17-5-6-17)26-18-7-9-19(10-8-18)33-30-14-22-25-11-12-31(22)23(15-30)27-21-13-20(28-29-21)16-3-1-2-4-16/h7-13,15-17H,1-6,14H2,(H,26,32)(H2,27,28,29). The zero-order valence-corrected chi connectivity index (χ0v) is 19.1. The number of aromatic nitrogens is 4. The number of hydrogen-bond acceptors (Lipinski definition) is 6. The SMILES string of the molecule is O=C(Nc1ccc(SN2C=C(Nc3cc(C4CCCC4)[nH]n3)n3ccnc3C2)cc1)C1CC1. The molecular formula is C24H27N7OS. The predicted octanol–water partition coefficient (Wildman–Crippen LogP) is 5.00. The number of rotatable bonds is 7. The van der Waals surface area contributed by atoms with Crippen molar-refractivity contribution in [1.29, 1.82) is 0 Å². The maximum absolute atomic E-state index is 12.0. The first-order valence-electron chi connectivity index (χ1n) is 11.6. The molecule has 3 heterocycles. The molecular weight excluding hydrogens is 434 g/mol. The van der Waals surface area contributed by atoms with Crippen molar-refractivity contribution in [3.63, 3.8) is 0 Å². The van der Waals surface area contributed by atoms with E-state index in [0.29, 0.717) is 12.5 Å². The van der Waals surface area contributed by atoms with Crippen molar-refractivity contribution in [2.45, 2.75) is 55.9 Å². The molecule has 8 nitrogen and oxygen atoms in total. The summed E-state index contributed by atoms with van der Waals surface area (Å²) in [6, 6.07) is 10.1. The van der Waals surface area contributed by atoms with Gasteiger partial charge in [-0.1, -0.05) is 12.8 Å². The Hall–Kier alpha value is -3.20. The van der Waals surface area contributed by atoms with Crippen LogP contribution in [0, 0.1) is 5.92 Å². The van der Waals surface area contributed by atoms with Crippen molar-refractivity contribution in [1.82, 2.24) is 24.1 Å². The van der Waals surface area contributed by atoms with E-state index in [9.17, 15) is 4.79 Å². The molecule has 0 spiro atoms. The molecule has 9 heteroatoms. The first-order valence-corrected chi connectivity index (χ1v) is 12.4. The third-order valence-electron chi connectivity index (χ3n) is 6.48. The van der Waals surface area contributed by atoms with Gasteiger partial charge in [-0.2, -0.15) is 5.10 Å². The predicted molar refractivity (Wildman–Crippen MR) is 129 cm³/mol. The molecule has 170 valence electrons. The number of nitrogens with one attached hydrogen (secondary N) is 3. The van der Waals surface area contributed by atoms with Gasteiger partial charge in [0.2, 0.25) is 5.91 Å². The van der Waals surface area contributed by atoms with Crippen LogP contribution in [0.1, 0.15) is 56.0 Å². The van der Waals surface area contributed by atoms with Crippen molar-refractivity contribution in [3.8, 4) is 0 Å². The quantitative estimate of drug-likeness (QED) is 0.429. The summed E-state index contributed by atoms with van der Waals surface area (Å²) in [7, 11) is 0. The average molecular weight is 462 g/mol. The highest BCUT2D eigenvalue weighted by atomic mass is 32.2. The van der Waals surface area contributed by atoms with Gasteiger partial charge >= 0.3 is 0 Å². The lowest BCUT2D eigenvalue weighted by Crippen LogP contribution is -2.23. The van der Waals surface area contributed by atoms with Gasteiger partial charge in [0.1, 0.15) is 11.6 Å². The Morgan fingerprint density at radius 3 is 2.73 bits per heavy atom. The van der Waals surface area contributed by atoms with Gasteiger partial charge in [0.15, 0.2) is 5.82 Å². The van der Waals surface area contributed by atoms with Gasteiger partial charge in [0.05, 0.1) is 12.7 Å². The molecule has 1 aromatic carbocycles. The van der Waals surface area contributed by atoms with Crippen molar-refractivity contribution in [3.05, 3.63) is 60.4 Å². The lowest BCUT2D eigenvalue weighted by atomic mass is 10.0. The Kier molecular flexibility index (Phi) is 5.33. The van der Waals surface area contributed by atoms with Crippen molar-refractivity contribution >= 4 is 35.2 Å². The number of nitrogens with zero attached hydrogens (tertiary/aromatic N) is 4. The summed E-state index contributed by atoms with van der Waals surface area (Å²) in [6.07, 6.45) is 13.0. The molecule has 1 aliphatic heterocycles. The largest absolute Gasteiger partial charge is 0.326 e. The number of anilines is 2. The third kappa shape index (κ3) is 4.50. The van der Waals surface area contributed by atoms with Crippen molar-refractivity contribution < 1.29 is 4.79 Å². The highest BCUT2D eigenvalue weighted by Gasteiger charge is 2.29. The minimum absolute atomic E-state index is 0.131. The van der Waals surface area contributed by atoms with E-state index in [2.05, 4.69) is 47.0 Å². The van der Waals surface area contributed by atoms with Crippen LogP contribution in [0.2, 0.25) is 0 Å². The molecule has 2 aliphatic carbocycles. The Bertz CT molecular complexity index is 1170. The molecule has 0 bridgehead atoms. The Morgan fingerprint density at radius 1 is 1.12 bits per heavy atom. The zero-order valence-electron chi connectivity index (χ0n) is 18.3. The highest BCUT2D eigenvalue weighted by molar-refractivity contribution is 7.97. The van der Waals surface area contributed by atoms with Gasteiger partial charge in [0, 0.05) is 46.6 Å². The van der Waals surface area contributed by atoms with E-state index in [0.717, 1.165) is 40.9 Å². The maximum Gasteiger partial charge on any atom is 0.227 e. The maximum atomic E-state index is 12.0. The van der Waals surface area contributed by atoms with Crippen LogP contribution in [0.15, 0.2) is 53.8 Å². The summed E-state index contributed by atoms with van der Waals surface area (Å²) in [5.41, 5.74) is 2.07.